The first-order valence-corrected chi connectivity index (χ1v) is 10.9. The largest absolute Gasteiger partial charge is 0.480 e. The van der Waals surface area contributed by atoms with Crippen LogP contribution in [0.3, 0.4) is 0 Å². The van der Waals surface area contributed by atoms with Gasteiger partial charge in [-0.1, -0.05) is 25.5 Å². The SMILES string of the molecule is C=C(S)C(=O)NC1(C(=O)NC(Cc2ccc(-c3ccsc3)nc2)C(=O)O)CCCC1. The molecule has 0 spiro atoms. The highest BCUT2D eigenvalue weighted by molar-refractivity contribution is 7.85. The van der Waals surface area contributed by atoms with Crippen molar-refractivity contribution in [2.24, 2.45) is 0 Å². The summed E-state index contributed by atoms with van der Waals surface area (Å²) < 4.78 is 0. The van der Waals surface area contributed by atoms with Gasteiger partial charge in [0.2, 0.25) is 5.91 Å². The first-order chi connectivity index (χ1) is 14.3. The fourth-order valence-corrected chi connectivity index (χ4v) is 4.24. The van der Waals surface area contributed by atoms with Crippen molar-refractivity contribution in [1.29, 1.82) is 0 Å². The number of carbonyl (C=O) groups excluding carboxylic acids is 2. The molecule has 0 aromatic carbocycles. The normalized spacial score (nSPS) is 15.9. The minimum Gasteiger partial charge on any atom is -0.480 e. The summed E-state index contributed by atoms with van der Waals surface area (Å²) in [5.41, 5.74) is 1.35. The summed E-state index contributed by atoms with van der Waals surface area (Å²) in [5.74, 6) is -2.18. The van der Waals surface area contributed by atoms with Crippen LogP contribution in [0, 0.1) is 0 Å². The molecular weight excluding hydrogens is 422 g/mol. The maximum absolute atomic E-state index is 13.0. The van der Waals surface area contributed by atoms with Gasteiger partial charge in [-0.2, -0.15) is 11.3 Å². The quantitative estimate of drug-likeness (QED) is 0.369. The van der Waals surface area contributed by atoms with Crippen LogP contribution in [-0.2, 0) is 20.8 Å². The molecule has 7 nitrogen and oxygen atoms in total. The molecule has 3 N–H and O–H groups in total. The van der Waals surface area contributed by atoms with Gasteiger partial charge in [-0.15, -0.1) is 12.6 Å². The van der Waals surface area contributed by atoms with Crippen LogP contribution in [0.5, 0.6) is 0 Å². The second-order valence-corrected chi connectivity index (χ2v) is 8.64. The highest BCUT2D eigenvalue weighted by Gasteiger charge is 2.43. The van der Waals surface area contributed by atoms with Crippen molar-refractivity contribution in [1.82, 2.24) is 15.6 Å². The van der Waals surface area contributed by atoms with E-state index in [0.29, 0.717) is 18.4 Å². The lowest BCUT2D eigenvalue weighted by atomic mass is 9.95. The van der Waals surface area contributed by atoms with Gasteiger partial charge < -0.3 is 15.7 Å². The number of amides is 2. The molecule has 2 aromatic heterocycles. The molecule has 0 saturated heterocycles. The van der Waals surface area contributed by atoms with E-state index < -0.39 is 29.4 Å². The number of hydrogen-bond donors (Lipinski definition) is 4. The number of aliphatic carboxylic acids is 1. The number of pyridine rings is 1. The Labute approximate surface area is 184 Å². The smallest absolute Gasteiger partial charge is 0.326 e. The van der Waals surface area contributed by atoms with E-state index in [9.17, 15) is 19.5 Å². The molecule has 2 heterocycles. The highest BCUT2D eigenvalue weighted by Crippen LogP contribution is 2.30. The second-order valence-electron chi connectivity index (χ2n) is 7.32. The number of carboxylic acid groups (broad SMARTS) is 1. The van der Waals surface area contributed by atoms with Crippen molar-refractivity contribution >= 4 is 41.7 Å². The molecule has 0 radical (unpaired) electrons. The summed E-state index contributed by atoms with van der Waals surface area (Å²) >= 11 is 5.50. The minimum atomic E-state index is -1.15. The molecule has 1 fully saturated rings. The number of nitrogens with zero attached hydrogens (tertiary/aromatic N) is 1. The van der Waals surface area contributed by atoms with E-state index in [1.165, 1.54) is 0 Å². The molecule has 9 heteroatoms. The molecule has 1 atom stereocenters. The maximum Gasteiger partial charge on any atom is 0.326 e. The Bertz CT molecular complexity index is 936. The van der Waals surface area contributed by atoms with Gasteiger partial charge in [-0.05, 0) is 35.9 Å². The van der Waals surface area contributed by atoms with Gasteiger partial charge in [-0.3, -0.25) is 14.6 Å². The summed E-state index contributed by atoms with van der Waals surface area (Å²) in [6, 6.07) is 4.46. The van der Waals surface area contributed by atoms with Gasteiger partial charge in [0.1, 0.15) is 11.6 Å². The molecular formula is C21H23N3O4S2. The number of nitrogens with one attached hydrogen (secondary N) is 2. The topological polar surface area (TPSA) is 108 Å². The molecule has 30 heavy (non-hydrogen) atoms. The Kier molecular flexibility index (Phi) is 6.94. The Hall–Kier alpha value is -2.65. The minimum absolute atomic E-state index is 0.000598. The van der Waals surface area contributed by atoms with Gasteiger partial charge in [0.15, 0.2) is 0 Å². The molecule has 1 aliphatic rings. The predicted octanol–water partition coefficient (Wildman–Crippen LogP) is 2.79. The van der Waals surface area contributed by atoms with Gasteiger partial charge in [0, 0.05) is 23.6 Å². The van der Waals surface area contributed by atoms with Crippen LogP contribution < -0.4 is 10.6 Å². The van der Waals surface area contributed by atoms with Crippen LogP contribution >= 0.6 is 24.0 Å². The van der Waals surface area contributed by atoms with Crippen molar-refractivity contribution < 1.29 is 19.5 Å². The van der Waals surface area contributed by atoms with E-state index in [0.717, 1.165) is 24.1 Å². The monoisotopic (exact) mass is 445 g/mol. The number of rotatable bonds is 8. The zero-order chi connectivity index (χ0) is 21.7. The van der Waals surface area contributed by atoms with Crippen LogP contribution in [0.15, 0.2) is 46.6 Å². The standard InChI is InChI=1S/C21H23N3O4S2/c1-13(29)18(25)24-21(7-2-3-8-21)20(28)23-17(19(26)27)10-14-4-5-16(22-11-14)15-6-9-30-12-15/h4-6,9,11-12,17,29H,1-3,7-8,10H2,(H,23,28)(H,24,25)(H,26,27). The number of aromatic nitrogens is 1. The van der Waals surface area contributed by atoms with Crippen molar-refractivity contribution in [3.63, 3.8) is 0 Å². The molecule has 2 aromatic rings. The summed E-state index contributed by atoms with van der Waals surface area (Å²) in [5, 5.41) is 18.9. The molecule has 158 valence electrons. The van der Waals surface area contributed by atoms with Gasteiger partial charge in [0.25, 0.3) is 5.91 Å². The summed E-state index contributed by atoms with van der Waals surface area (Å²) in [6.07, 6.45) is 4.11. The molecule has 3 rings (SSSR count). The van der Waals surface area contributed by atoms with E-state index in [1.807, 2.05) is 22.9 Å². The fraction of sp³-hybridized carbons (Fsp3) is 0.333. The maximum atomic E-state index is 13.0. The summed E-state index contributed by atoms with van der Waals surface area (Å²) in [7, 11) is 0. The van der Waals surface area contributed by atoms with Crippen LogP contribution in [0.4, 0.5) is 0 Å². The Balaban J connectivity index is 1.71. The van der Waals surface area contributed by atoms with Crippen molar-refractivity contribution in [3.05, 3.63) is 52.2 Å². The average molecular weight is 446 g/mol. The third kappa shape index (κ3) is 5.09. The molecule has 1 unspecified atom stereocenters. The van der Waals surface area contributed by atoms with E-state index in [2.05, 4.69) is 34.8 Å². The second kappa shape index (κ2) is 9.44. The third-order valence-corrected chi connectivity index (χ3v) is 6.08. The lowest BCUT2D eigenvalue weighted by Gasteiger charge is -2.30. The molecule has 1 saturated carbocycles. The first-order valence-electron chi connectivity index (χ1n) is 9.52. The van der Waals surface area contributed by atoms with E-state index in [1.54, 1.807) is 23.6 Å². The van der Waals surface area contributed by atoms with E-state index >= 15 is 0 Å². The first kappa shape index (κ1) is 22.0. The van der Waals surface area contributed by atoms with Gasteiger partial charge in [0.05, 0.1) is 10.6 Å². The fourth-order valence-electron chi connectivity index (χ4n) is 3.54. The summed E-state index contributed by atoms with van der Waals surface area (Å²) in [6.45, 7) is 3.48. The zero-order valence-electron chi connectivity index (χ0n) is 16.3. The van der Waals surface area contributed by atoms with E-state index in [-0.39, 0.29) is 11.3 Å². The van der Waals surface area contributed by atoms with Crippen LogP contribution in [0.2, 0.25) is 0 Å². The predicted molar refractivity (Wildman–Crippen MR) is 118 cm³/mol. The van der Waals surface area contributed by atoms with E-state index in [4.69, 9.17) is 0 Å². The number of carbonyl (C=O) groups is 3. The Morgan fingerprint density at radius 2 is 2.00 bits per heavy atom. The van der Waals surface area contributed by atoms with Gasteiger partial charge in [-0.25, -0.2) is 4.79 Å². The third-order valence-electron chi connectivity index (χ3n) is 5.19. The number of hydrogen-bond acceptors (Lipinski definition) is 6. The van der Waals surface area contributed by atoms with Crippen LogP contribution in [0.1, 0.15) is 31.2 Å². The number of thiol groups is 1. The average Bonchev–Trinajstić information content (AvgIpc) is 3.40. The van der Waals surface area contributed by atoms with Gasteiger partial charge >= 0.3 is 5.97 Å². The Morgan fingerprint density at radius 1 is 1.27 bits per heavy atom. The van der Waals surface area contributed by atoms with Crippen LogP contribution in [0.25, 0.3) is 11.3 Å². The molecule has 1 aliphatic carbocycles. The van der Waals surface area contributed by atoms with Crippen molar-refractivity contribution in [3.8, 4) is 11.3 Å². The van der Waals surface area contributed by atoms with Crippen molar-refractivity contribution in [2.45, 2.75) is 43.7 Å². The molecule has 0 aliphatic heterocycles. The molecule has 0 bridgehead atoms. The lowest BCUT2D eigenvalue weighted by molar-refractivity contribution is -0.143. The number of carboxylic acids is 1. The Morgan fingerprint density at radius 3 is 2.53 bits per heavy atom. The zero-order valence-corrected chi connectivity index (χ0v) is 18.0. The van der Waals surface area contributed by atoms with Crippen molar-refractivity contribution in [2.75, 3.05) is 0 Å². The molecule has 2 amide bonds. The summed E-state index contributed by atoms with van der Waals surface area (Å²) in [4.78, 5) is 41.2. The lowest BCUT2D eigenvalue weighted by Crippen LogP contribution is -2.60. The highest BCUT2D eigenvalue weighted by atomic mass is 32.1. The number of thiophene rings is 1. The van der Waals surface area contributed by atoms with Crippen LogP contribution in [-0.4, -0.2) is 39.5 Å².